The summed E-state index contributed by atoms with van der Waals surface area (Å²) < 4.78 is 0. The predicted octanol–water partition coefficient (Wildman–Crippen LogP) is 2.88. The van der Waals surface area contributed by atoms with E-state index in [2.05, 4.69) is 10.3 Å². The van der Waals surface area contributed by atoms with Crippen molar-refractivity contribution in [2.24, 2.45) is 0 Å². The van der Waals surface area contributed by atoms with Crippen LogP contribution in [0.4, 0.5) is 11.5 Å². The van der Waals surface area contributed by atoms with E-state index < -0.39 is 0 Å². The van der Waals surface area contributed by atoms with Crippen molar-refractivity contribution in [2.45, 2.75) is 6.92 Å². The molecular formula is C13H12ClN3O. The second-order valence-electron chi connectivity index (χ2n) is 3.91. The summed E-state index contributed by atoms with van der Waals surface area (Å²) in [6.07, 6.45) is 1.49. The Morgan fingerprint density at radius 1 is 1.33 bits per heavy atom. The monoisotopic (exact) mass is 261 g/mol. The first-order valence-electron chi connectivity index (χ1n) is 5.35. The third-order valence-electron chi connectivity index (χ3n) is 2.41. The fourth-order valence-corrected chi connectivity index (χ4v) is 1.68. The van der Waals surface area contributed by atoms with E-state index in [0.29, 0.717) is 22.1 Å². The molecular weight excluding hydrogens is 250 g/mol. The van der Waals surface area contributed by atoms with Crippen LogP contribution in [0.3, 0.4) is 0 Å². The number of anilines is 2. The highest BCUT2D eigenvalue weighted by atomic mass is 35.5. The maximum absolute atomic E-state index is 12.0. The number of nitrogens with two attached hydrogens (primary N) is 1. The molecule has 0 fully saturated rings. The molecule has 0 atom stereocenters. The van der Waals surface area contributed by atoms with Gasteiger partial charge in [0.1, 0.15) is 5.82 Å². The number of rotatable bonds is 2. The smallest absolute Gasteiger partial charge is 0.255 e. The van der Waals surface area contributed by atoms with Crippen molar-refractivity contribution >= 4 is 29.0 Å². The van der Waals surface area contributed by atoms with Gasteiger partial charge in [0.25, 0.3) is 5.91 Å². The van der Waals surface area contributed by atoms with E-state index in [9.17, 15) is 4.79 Å². The molecule has 5 heteroatoms. The molecule has 4 nitrogen and oxygen atoms in total. The molecule has 1 aromatic carbocycles. The van der Waals surface area contributed by atoms with Gasteiger partial charge in [-0.3, -0.25) is 4.79 Å². The normalized spacial score (nSPS) is 10.1. The van der Waals surface area contributed by atoms with Gasteiger partial charge in [-0.15, -0.1) is 0 Å². The first-order chi connectivity index (χ1) is 8.56. The van der Waals surface area contributed by atoms with E-state index in [1.54, 1.807) is 12.1 Å². The molecule has 0 aliphatic rings. The Morgan fingerprint density at radius 2 is 2.11 bits per heavy atom. The summed E-state index contributed by atoms with van der Waals surface area (Å²) in [5.41, 5.74) is 7.57. The molecule has 2 aromatic rings. The number of carbonyl (C=O) groups is 1. The summed E-state index contributed by atoms with van der Waals surface area (Å²) >= 11 is 6.01. The van der Waals surface area contributed by atoms with Crippen molar-refractivity contribution in [3.05, 3.63) is 52.7 Å². The Hall–Kier alpha value is -2.07. The standard InChI is InChI=1S/C13H12ClN3O/c1-8-2-3-10(14)11(6-8)17-13(18)9-4-5-16-12(15)7-9/h2-7H,1H3,(H2,15,16)(H,17,18). The average molecular weight is 262 g/mol. The van der Waals surface area contributed by atoms with Crippen LogP contribution in [0.5, 0.6) is 0 Å². The molecule has 2 rings (SSSR count). The number of nitrogens with one attached hydrogen (secondary N) is 1. The minimum absolute atomic E-state index is 0.267. The molecule has 0 radical (unpaired) electrons. The average Bonchev–Trinajstić information content (AvgIpc) is 2.34. The Morgan fingerprint density at radius 3 is 2.83 bits per heavy atom. The van der Waals surface area contributed by atoms with Crippen LogP contribution in [0.15, 0.2) is 36.5 Å². The summed E-state index contributed by atoms with van der Waals surface area (Å²) in [5, 5.41) is 3.24. The molecule has 0 aliphatic heterocycles. The fraction of sp³-hybridized carbons (Fsp3) is 0.0769. The number of nitrogens with zero attached hydrogens (tertiary/aromatic N) is 1. The zero-order valence-electron chi connectivity index (χ0n) is 9.77. The van der Waals surface area contributed by atoms with E-state index in [0.717, 1.165) is 5.56 Å². The zero-order valence-corrected chi connectivity index (χ0v) is 10.5. The Labute approximate surface area is 110 Å². The van der Waals surface area contributed by atoms with E-state index in [1.807, 2.05) is 19.1 Å². The Bertz CT molecular complexity index is 599. The van der Waals surface area contributed by atoms with E-state index in [-0.39, 0.29) is 5.91 Å². The summed E-state index contributed by atoms with van der Waals surface area (Å²) in [7, 11) is 0. The minimum Gasteiger partial charge on any atom is -0.384 e. The molecule has 3 N–H and O–H groups in total. The number of nitrogen functional groups attached to an aromatic ring is 1. The third-order valence-corrected chi connectivity index (χ3v) is 2.74. The SMILES string of the molecule is Cc1ccc(Cl)c(NC(=O)c2ccnc(N)c2)c1. The lowest BCUT2D eigenvalue weighted by Crippen LogP contribution is -2.12. The fourth-order valence-electron chi connectivity index (χ4n) is 1.52. The second kappa shape index (κ2) is 5.06. The third kappa shape index (κ3) is 2.78. The van der Waals surface area contributed by atoms with Crippen LogP contribution in [-0.4, -0.2) is 10.9 Å². The van der Waals surface area contributed by atoms with Gasteiger partial charge in [-0.2, -0.15) is 0 Å². The number of hydrogen-bond donors (Lipinski definition) is 2. The van der Waals surface area contributed by atoms with Crippen molar-refractivity contribution in [2.75, 3.05) is 11.1 Å². The van der Waals surface area contributed by atoms with Crippen LogP contribution in [-0.2, 0) is 0 Å². The van der Waals surface area contributed by atoms with Gasteiger partial charge in [0, 0.05) is 11.8 Å². The molecule has 0 saturated carbocycles. The van der Waals surface area contributed by atoms with Gasteiger partial charge in [0.15, 0.2) is 0 Å². The summed E-state index contributed by atoms with van der Waals surface area (Å²) in [6, 6.07) is 8.54. The van der Waals surface area contributed by atoms with Crippen LogP contribution in [0.2, 0.25) is 5.02 Å². The van der Waals surface area contributed by atoms with Gasteiger partial charge in [0.05, 0.1) is 10.7 Å². The first kappa shape index (κ1) is 12.4. The second-order valence-corrected chi connectivity index (χ2v) is 4.31. The molecule has 1 heterocycles. The topological polar surface area (TPSA) is 68.0 Å². The number of pyridine rings is 1. The molecule has 1 aromatic heterocycles. The summed E-state index contributed by atoms with van der Waals surface area (Å²) in [5.74, 6) is 0.0367. The van der Waals surface area contributed by atoms with E-state index >= 15 is 0 Å². The summed E-state index contributed by atoms with van der Waals surface area (Å²) in [6.45, 7) is 1.93. The maximum Gasteiger partial charge on any atom is 0.255 e. The quantitative estimate of drug-likeness (QED) is 0.873. The predicted molar refractivity (Wildman–Crippen MR) is 72.8 cm³/mol. The van der Waals surface area contributed by atoms with E-state index in [1.165, 1.54) is 12.3 Å². The van der Waals surface area contributed by atoms with E-state index in [4.69, 9.17) is 17.3 Å². The van der Waals surface area contributed by atoms with Crippen LogP contribution >= 0.6 is 11.6 Å². The largest absolute Gasteiger partial charge is 0.384 e. The molecule has 0 spiro atoms. The van der Waals surface area contributed by atoms with Crippen molar-refractivity contribution in [3.63, 3.8) is 0 Å². The molecule has 0 bridgehead atoms. The molecule has 92 valence electrons. The summed E-state index contributed by atoms with van der Waals surface area (Å²) in [4.78, 5) is 15.8. The lowest BCUT2D eigenvalue weighted by Gasteiger charge is -2.08. The van der Waals surface area contributed by atoms with Gasteiger partial charge in [-0.25, -0.2) is 4.98 Å². The Kier molecular flexibility index (Phi) is 3.48. The number of benzene rings is 1. The van der Waals surface area contributed by atoms with Crippen LogP contribution in [0.25, 0.3) is 0 Å². The molecule has 0 aliphatic carbocycles. The highest BCUT2D eigenvalue weighted by molar-refractivity contribution is 6.34. The molecule has 18 heavy (non-hydrogen) atoms. The van der Waals surface area contributed by atoms with Crippen molar-refractivity contribution in [1.29, 1.82) is 0 Å². The van der Waals surface area contributed by atoms with Gasteiger partial charge >= 0.3 is 0 Å². The number of hydrogen-bond acceptors (Lipinski definition) is 3. The molecule has 0 saturated heterocycles. The van der Waals surface area contributed by atoms with Gasteiger partial charge in [0.2, 0.25) is 0 Å². The number of aryl methyl sites for hydroxylation is 1. The number of halogens is 1. The van der Waals surface area contributed by atoms with Crippen LogP contribution in [0.1, 0.15) is 15.9 Å². The van der Waals surface area contributed by atoms with Gasteiger partial charge in [-0.05, 0) is 36.8 Å². The maximum atomic E-state index is 12.0. The number of aromatic nitrogens is 1. The number of amides is 1. The first-order valence-corrected chi connectivity index (χ1v) is 5.73. The van der Waals surface area contributed by atoms with Crippen LogP contribution < -0.4 is 11.1 Å². The molecule has 0 unspecified atom stereocenters. The number of carbonyl (C=O) groups excluding carboxylic acids is 1. The van der Waals surface area contributed by atoms with Crippen molar-refractivity contribution in [3.8, 4) is 0 Å². The lowest BCUT2D eigenvalue weighted by molar-refractivity contribution is 0.102. The van der Waals surface area contributed by atoms with Gasteiger partial charge < -0.3 is 11.1 Å². The zero-order chi connectivity index (χ0) is 13.1. The van der Waals surface area contributed by atoms with Crippen molar-refractivity contribution in [1.82, 2.24) is 4.98 Å². The highest BCUT2D eigenvalue weighted by Gasteiger charge is 2.09. The van der Waals surface area contributed by atoms with Gasteiger partial charge in [-0.1, -0.05) is 17.7 Å². The lowest BCUT2D eigenvalue weighted by atomic mass is 10.2. The minimum atomic E-state index is -0.267. The molecule has 1 amide bonds. The van der Waals surface area contributed by atoms with Crippen molar-refractivity contribution < 1.29 is 4.79 Å². The highest BCUT2D eigenvalue weighted by Crippen LogP contribution is 2.23. The van der Waals surface area contributed by atoms with Crippen LogP contribution in [0, 0.1) is 6.92 Å². The Balaban J connectivity index is 2.24.